The summed E-state index contributed by atoms with van der Waals surface area (Å²) in [5.74, 6) is -0.876. The Morgan fingerprint density at radius 3 is 2.79 bits per heavy atom. The molecule has 1 spiro atoms. The van der Waals surface area contributed by atoms with Crippen LogP contribution >= 0.6 is 0 Å². The number of nitrogens with zero attached hydrogens (tertiary/aromatic N) is 1. The topological polar surface area (TPSA) is 105 Å². The second-order valence-corrected chi connectivity index (χ2v) is 10.4. The van der Waals surface area contributed by atoms with E-state index in [2.05, 4.69) is 17.2 Å². The first-order chi connectivity index (χ1) is 16.3. The van der Waals surface area contributed by atoms with Gasteiger partial charge in [-0.2, -0.15) is 0 Å². The summed E-state index contributed by atoms with van der Waals surface area (Å²) < 4.78 is 18.3. The molecule has 2 bridgehead atoms. The zero-order valence-corrected chi connectivity index (χ0v) is 20.0. The number of carbonyl (C=O) groups excluding carboxylic acids is 2. The first-order valence-corrected chi connectivity index (χ1v) is 12.4. The first kappa shape index (κ1) is 23.7. The number of rotatable bonds is 6. The molecule has 0 aromatic carbocycles. The maximum absolute atomic E-state index is 12.6. The van der Waals surface area contributed by atoms with Crippen LogP contribution in [0.1, 0.15) is 65.0 Å². The van der Waals surface area contributed by atoms with E-state index in [1.54, 1.807) is 6.20 Å². The van der Waals surface area contributed by atoms with E-state index in [1.807, 2.05) is 32.0 Å². The molecule has 1 aromatic rings. The Bertz CT molecular complexity index is 914. The van der Waals surface area contributed by atoms with Gasteiger partial charge in [-0.05, 0) is 50.2 Å². The average molecular weight is 475 g/mol. The van der Waals surface area contributed by atoms with Gasteiger partial charge < -0.3 is 19.5 Å². The number of hydrogen-bond donors (Lipinski definition) is 1. The molecule has 1 N–H and O–H groups in total. The van der Waals surface area contributed by atoms with Crippen molar-refractivity contribution >= 4 is 11.9 Å². The highest BCUT2D eigenvalue weighted by Gasteiger charge is 2.69. The molecule has 9 nitrogen and oxygen atoms in total. The molecule has 1 aliphatic carbocycles. The highest BCUT2D eigenvalue weighted by molar-refractivity contribution is 5.81. The third kappa shape index (κ3) is 4.23. The molecule has 6 rings (SSSR count). The van der Waals surface area contributed by atoms with Gasteiger partial charge in [0.05, 0.1) is 18.7 Å². The second kappa shape index (κ2) is 9.18. The molecule has 9 heteroatoms. The van der Waals surface area contributed by atoms with E-state index in [0.717, 1.165) is 31.4 Å². The van der Waals surface area contributed by atoms with Gasteiger partial charge >= 0.3 is 5.97 Å². The third-order valence-corrected chi connectivity index (χ3v) is 8.09. The molecule has 5 fully saturated rings. The maximum Gasteiger partial charge on any atom is 0.308 e. The summed E-state index contributed by atoms with van der Waals surface area (Å²) in [5.41, 5.74) is 0.0657. The maximum atomic E-state index is 12.6. The fourth-order valence-corrected chi connectivity index (χ4v) is 6.19. The number of aromatic nitrogens is 1. The fraction of sp³-hybridized carbons (Fsp3) is 0.720. The Kier molecular flexibility index (Phi) is 6.39. The lowest BCUT2D eigenvalue weighted by Crippen LogP contribution is -2.70. The van der Waals surface area contributed by atoms with Crippen molar-refractivity contribution in [3.63, 3.8) is 0 Å². The fourth-order valence-electron chi connectivity index (χ4n) is 6.19. The summed E-state index contributed by atoms with van der Waals surface area (Å²) in [5, 5.41) is 2.77. The molecule has 1 amide bonds. The number of hydrogen-bond acceptors (Lipinski definition) is 8. The van der Waals surface area contributed by atoms with Gasteiger partial charge in [0.1, 0.15) is 0 Å². The van der Waals surface area contributed by atoms with Crippen molar-refractivity contribution in [1.29, 1.82) is 0 Å². The van der Waals surface area contributed by atoms with Gasteiger partial charge in [0.2, 0.25) is 18.0 Å². The molecule has 0 radical (unpaired) electrons. The number of esters is 1. The first-order valence-electron chi connectivity index (χ1n) is 12.4. The van der Waals surface area contributed by atoms with Crippen molar-refractivity contribution < 1.29 is 33.6 Å². The van der Waals surface area contributed by atoms with Crippen LogP contribution in [0.5, 0.6) is 0 Å². The van der Waals surface area contributed by atoms with Gasteiger partial charge in [0.25, 0.3) is 0 Å². The largest absolute Gasteiger partial charge is 0.435 e. The van der Waals surface area contributed by atoms with Gasteiger partial charge in [-0.3, -0.25) is 14.6 Å². The Hall–Kier alpha value is -2.07. The number of nitrogens with one attached hydrogen (secondary N) is 1. The van der Waals surface area contributed by atoms with Crippen LogP contribution < -0.4 is 5.32 Å². The Labute approximate surface area is 199 Å². The van der Waals surface area contributed by atoms with Crippen LogP contribution in [-0.2, 0) is 40.1 Å². The molecular weight excluding hydrogens is 440 g/mol. The lowest BCUT2D eigenvalue weighted by molar-refractivity contribution is -0.576. The van der Waals surface area contributed by atoms with Crippen molar-refractivity contribution in [2.75, 3.05) is 0 Å². The molecule has 1 aromatic heterocycles. The van der Waals surface area contributed by atoms with E-state index in [9.17, 15) is 9.59 Å². The number of fused-ring (bicyclic) bond motifs is 2. The van der Waals surface area contributed by atoms with E-state index < -0.39 is 29.9 Å². The van der Waals surface area contributed by atoms with Crippen molar-refractivity contribution in [1.82, 2.24) is 10.3 Å². The molecule has 1 saturated carbocycles. The zero-order valence-electron chi connectivity index (χ0n) is 20.0. The van der Waals surface area contributed by atoms with E-state index in [-0.39, 0.29) is 36.5 Å². The van der Waals surface area contributed by atoms with Crippen LogP contribution in [0.4, 0.5) is 0 Å². The van der Waals surface area contributed by atoms with Crippen molar-refractivity contribution in [2.24, 2.45) is 23.7 Å². The number of pyridine rings is 1. The quantitative estimate of drug-likeness (QED) is 0.495. The zero-order chi connectivity index (χ0) is 23.9. The van der Waals surface area contributed by atoms with E-state index in [1.165, 1.54) is 0 Å². The minimum absolute atomic E-state index is 0.0288. The number of amides is 1. The van der Waals surface area contributed by atoms with E-state index >= 15 is 0 Å². The molecule has 4 aliphatic heterocycles. The Morgan fingerprint density at radius 1 is 1.15 bits per heavy atom. The summed E-state index contributed by atoms with van der Waals surface area (Å²) in [6.07, 6.45) is 3.92. The van der Waals surface area contributed by atoms with Gasteiger partial charge in [0, 0.05) is 30.9 Å². The lowest BCUT2D eigenvalue weighted by Gasteiger charge is -2.59. The molecule has 34 heavy (non-hydrogen) atoms. The summed E-state index contributed by atoms with van der Waals surface area (Å²) in [4.78, 5) is 40.9. The smallest absolute Gasteiger partial charge is 0.308 e. The summed E-state index contributed by atoms with van der Waals surface area (Å²) in [6, 6.07) is 5.51. The van der Waals surface area contributed by atoms with Crippen LogP contribution in [0.15, 0.2) is 24.4 Å². The van der Waals surface area contributed by atoms with Crippen LogP contribution in [0, 0.1) is 23.7 Å². The van der Waals surface area contributed by atoms with Crippen molar-refractivity contribution in [2.45, 2.75) is 89.8 Å². The monoisotopic (exact) mass is 474 g/mol. The summed E-state index contributed by atoms with van der Waals surface area (Å²) in [6.45, 7) is 6.47. The summed E-state index contributed by atoms with van der Waals surface area (Å²) >= 11 is 0. The molecule has 0 unspecified atom stereocenters. The predicted octanol–water partition coefficient (Wildman–Crippen LogP) is 3.23. The van der Waals surface area contributed by atoms with Crippen LogP contribution in [0.2, 0.25) is 0 Å². The van der Waals surface area contributed by atoms with E-state index in [0.29, 0.717) is 12.5 Å². The van der Waals surface area contributed by atoms with Crippen molar-refractivity contribution in [3.05, 3.63) is 30.1 Å². The normalized spacial score (nSPS) is 40.7. The molecule has 4 saturated heterocycles. The minimum Gasteiger partial charge on any atom is -0.435 e. The molecule has 5 heterocycles. The predicted molar refractivity (Wildman–Crippen MR) is 118 cm³/mol. The van der Waals surface area contributed by atoms with Gasteiger partial charge in [-0.15, -0.1) is 0 Å². The molecule has 8 atom stereocenters. The number of carbonyl (C=O) groups is 2. The highest BCUT2D eigenvalue weighted by Crippen LogP contribution is 2.60. The third-order valence-electron chi connectivity index (χ3n) is 8.09. The Morgan fingerprint density at radius 2 is 2.00 bits per heavy atom. The van der Waals surface area contributed by atoms with Gasteiger partial charge in [-0.1, -0.05) is 19.9 Å². The van der Waals surface area contributed by atoms with Crippen LogP contribution in [-0.4, -0.2) is 40.8 Å². The molecule has 5 aliphatic rings. The number of ether oxygens (including phenoxy) is 3. The van der Waals surface area contributed by atoms with E-state index in [4.69, 9.17) is 24.0 Å². The average Bonchev–Trinajstić information content (AvgIpc) is 3.06. The van der Waals surface area contributed by atoms with Crippen molar-refractivity contribution in [3.8, 4) is 0 Å². The van der Waals surface area contributed by atoms with Crippen LogP contribution in [0.25, 0.3) is 0 Å². The molecule has 186 valence electrons. The van der Waals surface area contributed by atoms with Gasteiger partial charge in [-0.25, -0.2) is 9.78 Å². The lowest BCUT2D eigenvalue weighted by atomic mass is 9.58. The van der Waals surface area contributed by atoms with Crippen LogP contribution in [0.3, 0.4) is 0 Å². The molecular formula is C25H34N2O7. The summed E-state index contributed by atoms with van der Waals surface area (Å²) in [7, 11) is 0. The Balaban J connectivity index is 1.20. The standard InChI is InChI=1S/C25H34N2O7/c1-15-7-8-19-16(2)22(31-23-25(19)18(15)11-12-24(3,32-23)33-34-25)30-21(29)10-9-20(28)27-14-17-6-4-5-13-26-17/h4-6,13,15-16,18-19,22-23H,7-12,14H2,1-3H3,(H,27,28)/t15-,16-,18+,19+,22-,23-,24+,25-/m1/s1. The highest BCUT2D eigenvalue weighted by atomic mass is 17.3. The second-order valence-electron chi connectivity index (χ2n) is 10.4. The van der Waals surface area contributed by atoms with Gasteiger partial charge in [0.15, 0.2) is 11.9 Å². The SMILES string of the molecule is C[C@H]1[C@H](OC(=O)CCC(=O)NCc2ccccn2)O[C@@H]2O[C@]3(C)CC[C@H]4[C@H](C)CC[C@@H]1[C@@]24OO3. The minimum atomic E-state index is -0.877.